The third-order valence-electron chi connectivity index (χ3n) is 4.13. The minimum absolute atomic E-state index is 0.349. The van der Waals surface area contributed by atoms with Crippen LogP contribution in [-0.2, 0) is 0 Å². The fraction of sp³-hybridized carbons (Fsp3) is 0.130. The number of ether oxygens (including phenoxy) is 1. The summed E-state index contributed by atoms with van der Waals surface area (Å²) in [6.45, 7) is 2.49. The molecule has 2 N–H and O–H groups in total. The van der Waals surface area contributed by atoms with E-state index < -0.39 is 0 Å². The Labute approximate surface area is 182 Å². The second kappa shape index (κ2) is 10.0. The number of hydrogen-bond donors (Lipinski definition) is 2. The van der Waals surface area contributed by atoms with Crippen LogP contribution in [0.5, 0.6) is 5.75 Å². The summed E-state index contributed by atoms with van der Waals surface area (Å²) in [4.78, 5) is 25.3. The summed E-state index contributed by atoms with van der Waals surface area (Å²) < 4.78 is 19.4. The molecule has 154 valence electrons. The summed E-state index contributed by atoms with van der Waals surface area (Å²) >= 11 is 3.37. The predicted molar refractivity (Wildman–Crippen MR) is 119 cm³/mol. The highest BCUT2D eigenvalue weighted by Gasteiger charge is 2.15. The minimum Gasteiger partial charge on any atom is -0.493 e. The van der Waals surface area contributed by atoms with E-state index in [2.05, 4.69) is 26.6 Å². The molecule has 3 rings (SSSR count). The zero-order valence-electron chi connectivity index (χ0n) is 16.2. The van der Waals surface area contributed by atoms with Crippen LogP contribution in [0.2, 0.25) is 0 Å². The molecule has 0 bridgehead atoms. The molecule has 0 spiro atoms. The molecule has 0 atom stereocenters. The van der Waals surface area contributed by atoms with Crippen LogP contribution in [-0.4, -0.2) is 18.4 Å². The van der Waals surface area contributed by atoms with Crippen molar-refractivity contribution >= 4 is 39.1 Å². The lowest BCUT2D eigenvalue weighted by molar-refractivity contribution is 0.101. The second-order valence-electron chi connectivity index (χ2n) is 6.48. The van der Waals surface area contributed by atoms with E-state index in [1.54, 1.807) is 36.4 Å². The van der Waals surface area contributed by atoms with Gasteiger partial charge in [-0.2, -0.15) is 0 Å². The number of nitrogens with one attached hydrogen (secondary N) is 2. The molecular formula is C23H20BrFN2O3. The molecule has 0 aromatic heterocycles. The third-order valence-corrected chi connectivity index (χ3v) is 4.63. The quantitative estimate of drug-likeness (QED) is 0.452. The maximum absolute atomic E-state index is 13.0. The standard InChI is InChI=1S/C23H20BrFN2O3/c1-2-12-30-21-11-6-16(24)14-20(21)23(29)27-19-5-3-4-15(13-19)22(28)26-18-9-7-17(25)8-10-18/h3-11,13-14H,2,12H2,1H3,(H,26,28)(H,27,29). The van der Waals surface area contributed by atoms with Gasteiger partial charge in [0.1, 0.15) is 11.6 Å². The average molecular weight is 471 g/mol. The first-order valence-electron chi connectivity index (χ1n) is 9.37. The van der Waals surface area contributed by atoms with Gasteiger partial charge in [0.2, 0.25) is 0 Å². The van der Waals surface area contributed by atoms with Crippen molar-refractivity contribution in [3.8, 4) is 5.75 Å². The maximum Gasteiger partial charge on any atom is 0.259 e. The Morgan fingerprint density at radius 2 is 1.67 bits per heavy atom. The van der Waals surface area contributed by atoms with Gasteiger partial charge in [-0.15, -0.1) is 0 Å². The maximum atomic E-state index is 13.0. The van der Waals surface area contributed by atoms with Gasteiger partial charge in [-0.25, -0.2) is 4.39 Å². The lowest BCUT2D eigenvalue weighted by atomic mass is 10.1. The molecule has 0 aliphatic heterocycles. The van der Waals surface area contributed by atoms with Crippen molar-refractivity contribution in [2.24, 2.45) is 0 Å². The fourth-order valence-corrected chi connectivity index (χ4v) is 3.05. The monoisotopic (exact) mass is 470 g/mol. The van der Waals surface area contributed by atoms with Crippen molar-refractivity contribution in [3.63, 3.8) is 0 Å². The van der Waals surface area contributed by atoms with Crippen molar-refractivity contribution in [1.82, 2.24) is 0 Å². The van der Waals surface area contributed by atoms with Gasteiger partial charge in [-0.1, -0.05) is 28.9 Å². The molecule has 0 aliphatic rings. The lowest BCUT2D eigenvalue weighted by Gasteiger charge is -2.12. The van der Waals surface area contributed by atoms with E-state index in [1.807, 2.05) is 13.0 Å². The Kier molecular flexibility index (Phi) is 7.19. The van der Waals surface area contributed by atoms with Crippen LogP contribution in [0.15, 0.2) is 71.2 Å². The summed E-state index contributed by atoms with van der Waals surface area (Å²) in [6, 6.07) is 17.3. The molecular weight excluding hydrogens is 451 g/mol. The number of benzene rings is 3. The van der Waals surface area contributed by atoms with Gasteiger partial charge in [0.25, 0.3) is 11.8 Å². The molecule has 3 aromatic carbocycles. The van der Waals surface area contributed by atoms with E-state index in [4.69, 9.17) is 4.74 Å². The fourth-order valence-electron chi connectivity index (χ4n) is 2.69. The van der Waals surface area contributed by atoms with Gasteiger partial charge in [-0.3, -0.25) is 9.59 Å². The zero-order valence-corrected chi connectivity index (χ0v) is 17.8. The molecule has 0 saturated carbocycles. The SMILES string of the molecule is CCCOc1ccc(Br)cc1C(=O)Nc1cccc(C(=O)Nc2ccc(F)cc2)c1. The number of amides is 2. The van der Waals surface area contributed by atoms with E-state index in [9.17, 15) is 14.0 Å². The van der Waals surface area contributed by atoms with Gasteiger partial charge in [0, 0.05) is 21.4 Å². The summed E-state index contributed by atoms with van der Waals surface area (Å²) in [5, 5.41) is 5.49. The van der Waals surface area contributed by atoms with E-state index in [0.717, 1.165) is 10.9 Å². The van der Waals surface area contributed by atoms with Crippen molar-refractivity contribution in [2.75, 3.05) is 17.2 Å². The number of halogens is 2. The Morgan fingerprint density at radius 1 is 0.933 bits per heavy atom. The van der Waals surface area contributed by atoms with E-state index in [0.29, 0.717) is 34.9 Å². The molecule has 7 heteroatoms. The summed E-state index contributed by atoms with van der Waals surface area (Å²) in [5.41, 5.74) is 1.68. The van der Waals surface area contributed by atoms with Gasteiger partial charge < -0.3 is 15.4 Å². The number of hydrogen-bond acceptors (Lipinski definition) is 3. The van der Waals surface area contributed by atoms with Gasteiger partial charge in [0.15, 0.2) is 0 Å². The largest absolute Gasteiger partial charge is 0.493 e. The first-order chi connectivity index (χ1) is 14.5. The molecule has 3 aromatic rings. The van der Waals surface area contributed by atoms with E-state index >= 15 is 0 Å². The zero-order chi connectivity index (χ0) is 21.5. The summed E-state index contributed by atoms with van der Waals surface area (Å²) in [6.07, 6.45) is 0.822. The normalized spacial score (nSPS) is 10.4. The smallest absolute Gasteiger partial charge is 0.259 e. The minimum atomic E-state index is -0.382. The van der Waals surface area contributed by atoms with Crippen LogP contribution in [0.4, 0.5) is 15.8 Å². The first kappa shape index (κ1) is 21.5. The molecule has 5 nitrogen and oxygen atoms in total. The van der Waals surface area contributed by atoms with Crippen LogP contribution in [0.25, 0.3) is 0 Å². The van der Waals surface area contributed by atoms with Crippen molar-refractivity contribution in [1.29, 1.82) is 0 Å². The van der Waals surface area contributed by atoms with Gasteiger partial charge in [0.05, 0.1) is 12.2 Å². The topological polar surface area (TPSA) is 67.4 Å². The molecule has 30 heavy (non-hydrogen) atoms. The Hall–Kier alpha value is -3.19. The Morgan fingerprint density at radius 3 is 2.40 bits per heavy atom. The van der Waals surface area contributed by atoms with Crippen molar-refractivity contribution in [3.05, 3.63) is 88.1 Å². The Bertz CT molecular complexity index is 1050. The average Bonchev–Trinajstić information content (AvgIpc) is 2.74. The van der Waals surface area contributed by atoms with E-state index in [1.165, 1.54) is 24.3 Å². The van der Waals surface area contributed by atoms with E-state index in [-0.39, 0.29) is 17.6 Å². The van der Waals surface area contributed by atoms with Crippen LogP contribution >= 0.6 is 15.9 Å². The number of rotatable bonds is 7. The molecule has 0 saturated heterocycles. The highest BCUT2D eigenvalue weighted by Crippen LogP contribution is 2.25. The first-order valence-corrected chi connectivity index (χ1v) is 10.2. The lowest BCUT2D eigenvalue weighted by Crippen LogP contribution is -2.15. The summed E-state index contributed by atoms with van der Waals surface area (Å²) in [5.74, 6) is -0.610. The molecule has 0 aliphatic carbocycles. The third kappa shape index (κ3) is 5.67. The van der Waals surface area contributed by atoms with Gasteiger partial charge in [-0.05, 0) is 67.1 Å². The number of anilines is 2. The van der Waals surface area contributed by atoms with Crippen LogP contribution in [0.3, 0.4) is 0 Å². The highest BCUT2D eigenvalue weighted by molar-refractivity contribution is 9.10. The predicted octanol–water partition coefficient (Wildman–Crippen LogP) is 5.88. The number of carbonyl (C=O) groups excluding carboxylic acids is 2. The number of carbonyl (C=O) groups is 2. The second-order valence-corrected chi connectivity index (χ2v) is 7.40. The van der Waals surface area contributed by atoms with Crippen LogP contribution < -0.4 is 15.4 Å². The molecule has 0 unspecified atom stereocenters. The van der Waals surface area contributed by atoms with Crippen LogP contribution in [0, 0.1) is 5.82 Å². The molecule has 0 fully saturated rings. The molecule has 0 heterocycles. The summed E-state index contributed by atoms with van der Waals surface area (Å²) in [7, 11) is 0. The van der Waals surface area contributed by atoms with Gasteiger partial charge >= 0.3 is 0 Å². The molecule has 0 radical (unpaired) electrons. The highest BCUT2D eigenvalue weighted by atomic mass is 79.9. The van der Waals surface area contributed by atoms with Crippen molar-refractivity contribution in [2.45, 2.75) is 13.3 Å². The Balaban J connectivity index is 1.75. The molecule has 2 amide bonds. The van der Waals surface area contributed by atoms with Crippen molar-refractivity contribution < 1.29 is 18.7 Å². The van der Waals surface area contributed by atoms with Crippen LogP contribution in [0.1, 0.15) is 34.1 Å².